The third-order valence-corrected chi connectivity index (χ3v) is 3.21. The largest absolute Gasteiger partial charge is 0.492 e. The summed E-state index contributed by atoms with van der Waals surface area (Å²) in [5.41, 5.74) is 6.83. The molecule has 6 heteroatoms. The molecule has 0 spiro atoms. The Morgan fingerprint density at radius 3 is 2.65 bits per heavy atom. The molecule has 0 radical (unpaired) electrons. The molecule has 0 unspecified atom stereocenters. The molecule has 2 rings (SSSR count). The van der Waals surface area contributed by atoms with Crippen molar-refractivity contribution < 1.29 is 13.5 Å². The van der Waals surface area contributed by atoms with Crippen molar-refractivity contribution >= 4 is 33.0 Å². The lowest BCUT2D eigenvalue weighted by molar-refractivity contribution is 0.342. The van der Waals surface area contributed by atoms with Crippen LogP contribution in [0.1, 0.15) is 6.92 Å². The lowest BCUT2D eigenvalue weighted by atomic mass is 10.2. The van der Waals surface area contributed by atoms with Gasteiger partial charge in [0.1, 0.15) is 17.4 Å². The number of nitrogen functional groups attached to an aromatic ring is 1. The highest BCUT2D eigenvalue weighted by molar-refractivity contribution is 9.10. The van der Waals surface area contributed by atoms with E-state index in [-0.39, 0.29) is 10.2 Å². The highest BCUT2D eigenvalue weighted by atomic mass is 79.9. The molecule has 0 aliphatic rings. The summed E-state index contributed by atoms with van der Waals surface area (Å²) in [6.45, 7) is 2.30. The molecule has 0 saturated heterocycles. The average molecular weight is 343 g/mol. The molecule has 0 saturated carbocycles. The number of nitrogens with two attached hydrogens (primary N) is 1. The average Bonchev–Trinajstić information content (AvgIpc) is 2.40. The summed E-state index contributed by atoms with van der Waals surface area (Å²) < 4.78 is 32.6. The first-order valence-corrected chi connectivity index (χ1v) is 6.74. The van der Waals surface area contributed by atoms with Gasteiger partial charge in [0.15, 0.2) is 0 Å². The normalized spacial score (nSPS) is 10.4. The van der Waals surface area contributed by atoms with Crippen molar-refractivity contribution in [3.8, 4) is 5.75 Å². The number of hydrogen-bond donors (Lipinski definition) is 2. The van der Waals surface area contributed by atoms with Crippen molar-refractivity contribution in [1.29, 1.82) is 0 Å². The van der Waals surface area contributed by atoms with Gasteiger partial charge in [-0.25, -0.2) is 8.78 Å². The molecule has 2 aromatic rings. The van der Waals surface area contributed by atoms with E-state index in [1.54, 1.807) is 18.2 Å². The van der Waals surface area contributed by atoms with Crippen LogP contribution in [0.25, 0.3) is 0 Å². The molecule has 20 heavy (non-hydrogen) atoms. The topological polar surface area (TPSA) is 47.3 Å². The first-order chi connectivity index (χ1) is 9.51. The zero-order chi connectivity index (χ0) is 14.7. The van der Waals surface area contributed by atoms with Crippen LogP contribution in [0.4, 0.5) is 25.8 Å². The summed E-state index contributed by atoms with van der Waals surface area (Å²) in [5, 5.41) is 2.79. The maximum atomic E-state index is 13.7. The zero-order valence-corrected chi connectivity index (χ0v) is 12.3. The second-order valence-corrected chi connectivity index (χ2v) is 4.91. The number of rotatable bonds is 4. The van der Waals surface area contributed by atoms with Crippen molar-refractivity contribution in [2.24, 2.45) is 0 Å². The molecule has 0 aromatic heterocycles. The van der Waals surface area contributed by atoms with Gasteiger partial charge in [0.25, 0.3) is 0 Å². The molecule has 0 bridgehead atoms. The predicted octanol–water partition coefficient (Wildman–Crippen LogP) is 4.45. The first kappa shape index (κ1) is 14.6. The zero-order valence-electron chi connectivity index (χ0n) is 10.7. The van der Waals surface area contributed by atoms with Gasteiger partial charge in [-0.1, -0.05) is 0 Å². The number of benzene rings is 2. The smallest absolute Gasteiger partial charge is 0.147 e. The highest BCUT2D eigenvalue weighted by Crippen LogP contribution is 2.30. The van der Waals surface area contributed by atoms with E-state index >= 15 is 0 Å². The van der Waals surface area contributed by atoms with Crippen molar-refractivity contribution in [3.05, 3.63) is 46.4 Å². The van der Waals surface area contributed by atoms with Crippen LogP contribution in [0.15, 0.2) is 34.8 Å². The van der Waals surface area contributed by atoms with Gasteiger partial charge in [0.05, 0.1) is 22.5 Å². The summed E-state index contributed by atoms with van der Waals surface area (Å²) in [7, 11) is 0. The van der Waals surface area contributed by atoms with E-state index in [2.05, 4.69) is 21.2 Å². The molecule has 0 fully saturated rings. The summed E-state index contributed by atoms with van der Waals surface area (Å²) in [6, 6.07) is 7.09. The van der Waals surface area contributed by atoms with E-state index in [1.165, 1.54) is 0 Å². The van der Waals surface area contributed by atoms with Crippen molar-refractivity contribution in [1.82, 2.24) is 0 Å². The monoisotopic (exact) mass is 342 g/mol. The minimum atomic E-state index is -0.562. The molecule has 0 amide bonds. The van der Waals surface area contributed by atoms with Crippen LogP contribution in [0.3, 0.4) is 0 Å². The second-order valence-electron chi connectivity index (χ2n) is 4.06. The summed E-state index contributed by atoms with van der Waals surface area (Å²) in [4.78, 5) is 0. The Balaban J connectivity index is 2.30. The second kappa shape index (κ2) is 6.09. The molecular weight excluding hydrogens is 330 g/mol. The molecule has 3 N–H and O–H groups in total. The van der Waals surface area contributed by atoms with Gasteiger partial charge < -0.3 is 15.8 Å². The minimum absolute atomic E-state index is 0.0397. The first-order valence-electron chi connectivity index (χ1n) is 5.95. The number of ether oxygens (including phenoxy) is 1. The standard InChI is InChI=1S/C14H13BrF2N2O/c1-2-20-14-5-8(3-4-12(14)18)19-13-7-10(16)9(15)6-11(13)17/h3-7,19H,2,18H2,1H3. The predicted molar refractivity (Wildman–Crippen MR) is 79.4 cm³/mol. The number of nitrogens with one attached hydrogen (secondary N) is 1. The van der Waals surface area contributed by atoms with Crippen molar-refractivity contribution in [2.45, 2.75) is 6.92 Å². The Morgan fingerprint density at radius 1 is 1.20 bits per heavy atom. The van der Waals surface area contributed by atoms with Gasteiger partial charge in [-0.15, -0.1) is 0 Å². The molecular formula is C14H13BrF2N2O. The van der Waals surface area contributed by atoms with E-state index in [0.29, 0.717) is 23.7 Å². The lowest BCUT2D eigenvalue weighted by Gasteiger charge is -2.12. The maximum absolute atomic E-state index is 13.7. The van der Waals surface area contributed by atoms with Crippen LogP contribution in [-0.4, -0.2) is 6.61 Å². The van der Waals surface area contributed by atoms with Gasteiger partial charge in [-0.3, -0.25) is 0 Å². The minimum Gasteiger partial charge on any atom is -0.492 e. The summed E-state index contributed by atoms with van der Waals surface area (Å²) >= 11 is 2.93. The van der Waals surface area contributed by atoms with E-state index < -0.39 is 11.6 Å². The molecule has 3 nitrogen and oxygen atoms in total. The van der Waals surface area contributed by atoms with Gasteiger partial charge in [0.2, 0.25) is 0 Å². The van der Waals surface area contributed by atoms with Crippen LogP contribution in [-0.2, 0) is 0 Å². The highest BCUT2D eigenvalue weighted by Gasteiger charge is 2.09. The quantitative estimate of drug-likeness (QED) is 0.637. The third-order valence-electron chi connectivity index (χ3n) is 2.60. The fourth-order valence-electron chi connectivity index (χ4n) is 1.67. The molecule has 2 aromatic carbocycles. The Labute approximate surface area is 123 Å². The van der Waals surface area contributed by atoms with Crippen molar-refractivity contribution in [2.75, 3.05) is 17.7 Å². The summed E-state index contributed by atoms with van der Waals surface area (Å²) in [5.74, 6) is -0.613. The lowest BCUT2D eigenvalue weighted by Crippen LogP contribution is -2.00. The number of hydrogen-bond acceptors (Lipinski definition) is 3. The third kappa shape index (κ3) is 3.19. The van der Waals surface area contributed by atoms with E-state index in [1.807, 2.05) is 6.92 Å². The molecule has 0 atom stereocenters. The van der Waals surface area contributed by atoms with Crippen molar-refractivity contribution in [3.63, 3.8) is 0 Å². The SMILES string of the molecule is CCOc1cc(Nc2cc(F)c(Br)cc2F)ccc1N. The van der Waals surface area contributed by atoms with Crippen LogP contribution >= 0.6 is 15.9 Å². The molecule has 106 valence electrons. The van der Waals surface area contributed by atoms with E-state index in [0.717, 1.165) is 12.1 Å². The van der Waals surface area contributed by atoms with Crippen LogP contribution in [0.5, 0.6) is 5.75 Å². The number of anilines is 3. The Kier molecular flexibility index (Phi) is 4.44. The van der Waals surface area contributed by atoms with Crippen LogP contribution < -0.4 is 15.8 Å². The van der Waals surface area contributed by atoms with Crippen LogP contribution in [0.2, 0.25) is 0 Å². The Hall–Kier alpha value is -1.82. The maximum Gasteiger partial charge on any atom is 0.147 e. The van der Waals surface area contributed by atoms with Gasteiger partial charge >= 0.3 is 0 Å². The number of halogens is 3. The fourth-order valence-corrected chi connectivity index (χ4v) is 1.98. The van der Waals surface area contributed by atoms with Gasteiger partial charge in [0, 0.05) is 17.8 Å². The summed E-state index contributed by atoms with van der Waals surface area (Å²) in [6.07, 6.45) is 0. The fraction of sp³-hybridized carbons (Fsp3) is 0.143. The van der Waals surface area contributed by atoms with Gasteiger partial charge in [-0.05, 0) is 41.1 Å². The Morgan fingerprint density at radius 2 is 1.95 bits per heavy atom. The van der Waals surface area contributed by atoms with Crippen LogP contribution in [0, 0.1) is 11.6 Å². The molecule has 0 aliphatic heterocycles. The Bertz CT molecular complexity index is 635. The van der Waals surface area contributed by atoms with Gasteiger partial charge in [-0.2, -0.15) is 0 Å². The molecule has 0 aliphatic carbocycles. The van der Waals surface area contributed by atoms with E-state index in [4.69, 9.17) is 10.5 Å². The molecule has 0 heterocycles. The van der Waals surface area contributed by atoms with E-state index in [9.17, 15) is 8.78 Å².